The van der Waals surface area contributed by atoms with Gasteiger partial charge in [0.1, 0.15) is 11.9 Å². The number of Topliss-reactive ketones (excluding diaryl/α,β-unsaturated/α-hetero) is 1. The topological polar surface area (TPSA) is 44.1 Å². The van der Waals surface area contributed by atoms with E-state index in [1.165, 1.54) is 0 Å². The predicted octanol–water partition coefficient (Wildman–Crippen LogP) is 0.957. The number of hydrogen-bond donors (Lipinski definition) is 0. The Morgan fingerprint density at radius 3 is 2.93 bits per heavy atom. The van der Waals surface area contributed by atoms with Gasteiger partial charge in [-0.15, -0.1) is 0 Å². The van der Waals surface area contributed by atoms with Crippen molar-refractivity contribution in [2.45, 2.75) is 25.9 Å². The first kappa shape index (κ1) is 10.9. The molecule has 1 aromatic heterocycles. The maximum absolute atomic E-state index is 11.4. The predicted molar refractivity (Wildman–Crippen MR) is 53.0 cm³/mol. The van der Waals surface area contributed by atoms with Crippen molar-refractivity contribution in [2.24, 2.45) is 7.05 Å². The lowest BCUT2D eigenvalue weighted by molar-refractivity contribution is -0.127. The fourth-order valence-corrected chi connectivity index (χ4v) is 1.21. The Bertz CT molecular complexity index is 307. The Morgan fingerprint density at radius 1 is 1.71 bits per heavy atom. The number of carbonyl (C=O) groups excluding carboxylic acids is 1. The number of ketones is 1. The second kappa shape index (κ2) is 4.91. The van der Waals surface area contributed by atoms with Gasteiger partial charge in [0.15, 0.2) is 5.78 Å². The van der Waals surface area contributed by atoms with E-state index < -0.39 is 0 Å². The minimum absolute atomic E-state index is 0.121. The van der Waals surface area contributed by atoms with Crippen LogP contribution in [0.15, 0.2) is 12.4 Å². The Morgan fingerprint density at radius 2 is 2.43 bits per heavy atom. The average molecular weight is 196 g/mol. The van der Waals surface area contributed by atoms with E-state index in [2.05, 4.69) is 4.98 Å². The lowest BCUT2D eigenvalue weighted by Gasteiger charge is -2.07. The summed E-state index contributed by atoms with van der Waals surface area (Å²) in [6.45, 7) is 1.76. The van der Waals surface area contributed by atoms with Crippen LogP contribution in [0.4, 0.5) is 0 Å². The van der Waals surface area contributed by atoms with Gasteiger partial charge in [-0.2, -0.15) is 0 Å². The van der Waals surface area contributed by atoms with Gasteiger partial charge in [0.05, 0.1) is 0 Å². The number of ether oxygens (including phenoxy) is 1. The van der Waals surface area contributed by atoms with Gasteiger partial charge in [0.2, 0.25) is 0 Å². The summed E-state index contributed by atoms with van der Waals surface area (Å²) in [7, 11) is 3.47. The van der Waals surface area contributed by atoms with Gasteiger partial charge < -0.3 is 9.30 Å². The molecule has 0 saturated heterocycles. The molecule has 1 atom stereocenters. The van der Waals surface area contributed by atoms with Crippen molar-refractivity contribution in [3.05, 3.63) is 18.2 Å². The van der Waals surface area contributed by atoms with Gasteiger partial charge in [-0.3, -0.25) is 4.79 Å². The van der Waals surface area contributed by atoms with Crippen LogP contribution in [0.25, 0.3) is 0 Å². The number of nitrogens with zero attached hydrogens (tertiary/aromatic N) is 2. The minimum atomic E-state index is -0.310. The highest BCUT2D eigenvalue weighted by Gasteiger charge is 2.12. The Balaban J connectivity index is 2.41. The van der Waals surface area contributed by atoms with Crippen LogP contribution in [-0.2, 0) is 23.0 Å². The number of imidazole rings is 1. The Labute approximate surface area is 83.9 Å². The first-order valence-corrected chi connectivity index (χ1v) is 4.67. The van der Waals surface area contributed by atoms with Crippen LogP contribution >= 0.6 is 0 Å². The molecule has 0 amide bonds. The highest BCUT2D eigenvalue weighted by Crippen LogP contribution is 2.02. The van der Waals surface area contributed by atoms with E-state index in [1.807, 2.05) is 17.8 Å². The highest BCUT2D eigenvalue weighted by atomic mass is 16.5. The molecular formula is C10H16N2O2. The molecule has 1 unspecified atom stereocenters. The molecule has 4 nitrogen and oxygen atoms in total. The van der Waals surface area contributed by atoms with Crippen LogP contribution in [0.5, 0.6) is 0 Å². The Kier molecular flexibility index (Phi) is 3.83. The van der Waals surface area contributed by atoms with Gasteiger partial charge in [-0.1, -0.05) is 0 Å². The molecule has 14 heavy (non-hydrogen) atoms. The molecule has 78 valence electrons. The zero-order valence-electron chi connectivity index (χ0n) is 8.86. The number of rotatable bonds is 5. The van der Waals surface area contributed by atoms with Crippen LogP contribution in [0.2, 0.25) is 0 Å². The molecule has 0 N–H and O–H groups in total. The normalized spacial score (nSPS) is 12.8. The summed E-state index contributed by atoms with van der Waals surface area (Å²) in [6, 6.07) is 0. The molecule has 0 spiro atoms. The monoisotopic (exact) mass is 196 g/mol. The molecule has 0 bridgehead atoms. The summed E-state index contributed by atoms with van der Waals surface area (Å²) in [5.74, 6) is 1.05. The van der Waals surface area contributed by atoms with Crippen LogP contribution < -0.4 is 0 Å². The van der Waals surface area contributed by atoms with Crippen LogP contribution in [0.3, 0.4) is 0 Å². The molecular weight excluding hydrogens is 180 g/mol. The Hall–Kier alpha value is -1.16. The third-order valence-electron chi connectivity index (χ3n) is 2.32. The maximum Gasteiger partial charge on any atom is 0.161 e. The van der Waals surface area contributed by atoms with Crippen LogP contribution in [0.1, 0.15) is 19.2 Å². The summed E-state index contributed by atoms with van der Waals surface area (Å²) in [5.41, 5.74) is 0. The summed E-state index contributed by atoms with van der Waals surface area (Å²) < 4.78 is 6.86. The van der Waals surface area contributed by atoms with Gasteiger partial charge in [0.25, 0.3) is 0 Å². The number of aromatic nitrogens is 2. The first-order chi connectivity index (χ1) is 6.65. The van der Waals surface area contributed by atoms with E-state index in [0.717, 1.165) is 5.82 Å². The quantitative estimate of drug-likeness (QED) is 0.704. The van der Waals surface area contributed by atoms with Crippen molar-refractivity contribution in [1.29, 1.82) is 0 Å². The van der Waals surface area contributed by atoms with Crippen molar-refractivity contribution >= 4 is 5.78 Å². The molecule has 4 heteroatoms. The van der Waals surface area contributed by atoms with E-state index in [-0.39, 0.29) is 11.9 Å². The third kappa shape index (κ3) is 2.67. The summed E-state index contributed by atoms with van der Waals surface area (Å²) in [4.78, 5) is 15.6. The van der Waals surface area contributed by atoms with Gasteiger partial charge in [-0.05, 0) is 6.92 Å². The van der Waals surface area contributed by atoms with Gasteiger partial charge in [-0.25, -0.2) is 4.98 Å². The molecule has 0 aliphatic heterocycles. The fourth-order valence-electron chi connectivity index (χ4n) is 1.21. The average Bonchev–Trinajstić information content (AvgIpc) is 2.59. The fraction of sp³-hybridized carbons (Fsp3) is 0.600. The van der Waals surface area contributed by atoms with E-state index in [1.54, 1.807) is 20.2 Å². The van der Waals surface area contributed by atoms with Crippen LogP contribution in [-0.4, -0.2) is 28.5 Å². The van der Waals surface area contributed by atoms with Crippen molar-refractivity contribution in [3.63, 3.8) is 0 Å². The molecule has 0 aliphatic rings. The summed E-state index contributed by atoms with van der Waals surface area (Å²) >= 11 is 0. The SMILES string of the molecule is COC(C)C(=O)CCc1nccn1C. The molecule has 0 aromatic carbocycles. The van der Waals surface area contributed by atoms with E-state index in [0.29, 0.717) is 12.8 Å². The minimum Gasteiger partial charge on any atom is -0.374 e. The molecule has 0 radical (unpaired) electrons. The van der Waals surface area contributed by atoms with Gasteiger partial charge >= 0.3 is 0 Å². The first-order valence-electron chi connectivity index (χ1n) is 4.67. The number of aryl methyl sites for hydroxylation is 2. The summed E-state index contributed by atoms with van der Waals surface area (Å²) in [6.07, 6.45) is 4.46. The molecule has 1 rings (SSSR count). The van der Waals surface area contributed by atoms with Crippen molar-refractivity contribution in [3.8, 4) is 0 Å². The van der Waals surface area contributed by atoms with E-state index in [9.17, 15) is 4.79 Å². The zero-order chi connectivity index (χ0) is 10.6. The van der Waals surface area contributed by atoms with Crippen molar-refractivity contribution < 1.29 is 9.53 Å². The maximum atomic E-state index is 11.4. The standard InChI is InChI=1S/C10H16N2O2/c1-8(14-3)9(13)4-5-10-11-6-7-12(10)2/h6-8H,4-5H2,1-3H3. The second-order valence-electron chi connectivity index (χ2n) is 3.30. The lowest BCUT2D eigenvalue weighted by atomic mass is 10.1. The zero-order valence-corrected chi connectivity index (χ0v) is 8.86. The largest absolute Gasteiger partial charge is 0.374 e. The van der Waals surface area contributed by atoms with Gasteiger partial charge in [0, 0.05) is 39.4 Å². The van der Waals surface area contributed by atoms with Crippen LogP contribution in [0, 0.1) is 0 Å². The molecule has 1 heterocycles. The summed E-state index contributed by atoms with van der Waals surface area (Å²) in [5, 5.41) is 0. The van der Waals surface area contributed by atoms with Crippen molar-refractivity contribution in [1.82, 2.24) is 9.55 Å². The van der Waals surface area contributed by atoms with E-state index in [4.69, 9.17) is 4.74 Å². The molecule has 0 fully saturated rings. The number of carbonyl (C=O) groups is 1. The third-order valence-corrected chi connectivity index (χ3v) is 2.32. The molecule has 1 aromatic rings. The molecule has 0 saturated carbocycles. The second-order valence-corrected chi connectivity index (χ2v) is 3.30. The number of methoxy groups -OCH3 is 1. The van der Waals surface area contributed by atoms with Crippen molar-refractivity contribution in [2.75, 3.05) is 7.11 Å². The lowest BCUT2D eigenvalue weighted by Crippen LogP contribution is -2.19. The molecule has 0 aliphatic carbocycles. The van der Waals surface area contributed by atoms with E-state index >= 15 is 0 Å². The highest BCUT2D eigenvalue weighted by molar-refractivity contribution is 5.82. The smallest absolute Gasteiger partial charge is 0.161 e. The number of hydrogen-bond acceptors (Lipinski definition) is 3.